The van der Waals surface area contributed by atoms with E-state index in [0.717, 1.165) is 0 Å². The molecule has 0 aliphatic heterocycles. The molecule has 1 amide bonds. The number of amides is 1. The third kappa shape index (κ3) is 21.8. The Morgan fingerprint density at radius 1 is 0.594 bits per heavy atom. The van der Waals surface area contributed by atoms with Crippen LogP contribution in [0.1, 0.15) is 41.5 Å². The Labute approximate surface area is 192 Å². The van der Waals surface area contributed by atoms with E-state index in [9.17, 15) is 9.59 Å². The van der Waals surface area contributed by atoms with Gasteiger partial charge in [-0.2, -0.15) is 0 Å². The summed E-state index contributed by atoms with van der Waals surface area (Å²) in [5, 5.41) is 0. The fraction of sp³-hybridized carbons (Fsp3) is 0.909. The number of likely N-dealkylation sites (N-methyl/N-ethyl adjacent to an activating group) is 1. The third-order valence-corrected chi connectivity index (χ3v) is 3.40. The summed E-state index contributed by atoms with van der Waals surface area (Å²) in [4.78, 5) is 24.7. The van der Waals surface area contributed by atoms with Gasteiger partial charge in [-0.15, -0.1) is 0 Å². The normalized spacial score (nSPS) is 12.0. The Morgan fingerprint density at radius 3 is 1.38 bits per heavy atom. The lowest BCUT2D eigenvalue weighted by atomic mass is 10.2. The molecule has 0 heterocycles. The maximum atomic E-state index is 11.8. The minimum atomic E-state index is -0.509. The van der Waals surface area contributed by atoms with E-state index in [2.05, 4.69) is 0 Å². The van der Waals surface area contributed by atoms with Crippen molar-refractivity contribution in [2.75, 3.05) is 79.7 Å². The first-order chi connectivity index (χ1) is 14.9. The molecule has 0 radical (unpaired) electrons. The molecule has 0 aromatic rings. The van der Waals surface area contributed by atoms with Gasteiger partial charge >= 0.3 is 12.1 Å². The van der Waals surface area contributed by atoms with Crippen LogP contribution in [-0.2, 0) is 38.0 Å². The number of rotatable bonds is 17. The van der Waals surface area contributed by atoms with Crippen molar-refractivity contribution in [1.82, 2.24) is 4.90 Å². The molecule has 0 aromatic heterocycles. The molecule has 0 unspecified atom stereocenters. The van der Waals surface area contributed by atoms with E-state index in [0.29, 0.717) is 66.0 Å². The first-order valence-electron chi connectivity index (χ1n) is 11.0. The van der Waals surface area contributed by atoms with E-state index in [1.807, 2.05) is 41.5 Å². The van der Waals surface area contributed by atoms with Gasteiger partial charge in [0.15, 0.2) is 0 Å². The highest BCUT2D eigenvalue weighted by molar-refractivity contribution is 5.71. The van der Waals surface area contributed by atoms with Gasteiger partial charge in [0.25, 0.3) is 0 Å². The molecule has 0 spiro atoms. The zero-order valence-corrected chi connectivity index (χ0v) is 20.9. The van der Waals surface area contributed by atoms with Crippen LogP contribution in [-0.4, -0.2) is 108 Å². The molecule has 0 fully saturated rings. The minimum absolute atomic E-state index is 0.0847. The standard InChI is InChI=1S/C22H43NO9/c1-21(2,3)31-19(24)18-30-17-16-29-15-14-28-13-12-27-11-10-26-9-8-23(7)20(25)32-22(4,5)6/h8-18H2,1-7H3. The topological polar surface area (TPSA) is 102 Å². The number of esters is 1. The summed E-state index contributed by atoms with van der Waals surface area (Å²) in [6.07, 6.45) is -0.369. The molecule has 0 saturated carbocycles. The molecule has 0 bridgehead atoms. The zero-order valence-electron chi connectivity index (χ0n) is 20.9. The summed E-state index contributed by atoms with van der Waals surface area (Å²) in [6.45, 7) is 15.1. The van der Waals surface area contributed by atoms with E-state index in [-0.39, 0.29) is 18.7 Å². The van der Waals surface area contributed by atoms with E-state index in [1.165, 1.54) is 4.90 Å². The quantitative estimate of drug-likeness (QED) is 0.236. The van der Waals surface area contributed by atoms with E-state index in [4.69, 9.17) is 33.2 Å². The molecule has 0 aliphatic rings. The van der Waals surface area contributed by atoms with Crippen molar-refractivity contribution in [1.29, 1.82) is 0 Å². The molecule has 0 saturated heterocycles. The molecular formula is C22H43NO9. The largest absolute Gasteiger partial charge is 0.458 e. The van der Waals surface area contributed by atoms with E-state index >= 15 is 0 Å². The average molecular weight is 466 g/mol. The van der Waals surface area contributed by atoms with Gasteiger partial charge in [-0.3, -0.25) is 0 Å². The van der Waals surface area contributed by atoms with Crippen LogP contribution in [0.3, 0.4) is 0 Å². The second-order valence-corrected chi connectivity index (χ2v) is 8.99. The summed E-state index contributed by atoms with van der Waals surface area (Å²) >= 11 is 0. The van der Waals surface area contributed by atoms with Crippen molar-refractivity contribution >= 4 is 12.1 Å². The van der Waals surface area contributed by atoms with Gasteiger partial charge in [-0.05, 0) is 41.5 Å². The molecule has 0 N–H and O–H groups in total. The molecule has 0 aromatic carbocycles. The number of hydrogen-bond acceptors (Lipinski definition) is 9. The zero-order chi connectivity index (χ0) is 24.5. The van der Waals surface area contributed by atoms with Gasteiger partial charge < -0.3 is 38.1 Å². The molecule has 0 atom stereocenters. The lowest BCUT2D eigenvalue weighted by molar-refractivity contribution is -0.160. The maximum Gasteiger partial charge on any atom is 0.410 e. The van der Waals surface area contributed by atoms with Crippen LogP contribution in [0.4, 0.5) is 4.79 Å². The lowest BCUT2D eigenvalue weighted by Crippen LogP contribution is -2.36. The average Bonchev–Trinajstić information content (AvgIpc) is 2.64. The van der Waals surface area contributed by atoms with Gasteiger partial charge in [0.05, 0.1) is 59.5 Å². The maximum absolute atomic E-state index is 11.8. The predicted octanol–water partition coefficient (Wildman–Crippen LogP) is 2.28. The number of hydrogen-bond donors (Lipinski definition) is 0. The number of carbonyl (C=O) groups is 2. The Kier molecular flexibility index (Phi) is 16.3. The van der Waals surface area contributed by atoms with Crippen LogP contribution in [0, 0.1) is 0 Å². The van der Waals surface area contributed by atoms with E-state index in [1.54, 1.807) is 7.05 Å². The number of ether oxygens (including phenoxy) is 7. The molecule has 190 valence electrons. The van der Waals surface area contributed by atoms with Crippen LogP contribution in [0.5, 0.6) is 0 Å². The summed E-state index contributed by atoms with van der Waals surface area (Å²) in [7, 11) is 1.67. The van der Waals surface area contributed by atoms with Gasteiger partial charge in [0.2, 0.25) is 0 Å². The van der Waals surface area contributed by atoms with Crippen molar-refractivity contribution in [2.24, 2.45) is 0 Å². The van der Waals surface area contributed by atoms with Crippen molar-refractivity contribution in [3.8, 4) is 0 Å². The molecule has 0 aliphatic carbocycles. The second kappa shape index (κ2) is 17.1. The number of nitrogens with zero attached hydrogens (tertiary/aromatic N) is 1. The molecule has 10 nitrogen and oxygen atoms in total. The smallest absolute Gasteiger partial charge is 0.410 e. The van der Waals surface area contributed by atoms with Crippen molar-refractivity contribution < 1.29 is 42.7 Å². The first-order valence-corrected chi connectivity index (χ1v) is 11.0. The molecular weight excluding hydrogens is 422 g/mol. The lowest BCUT2D eigenvalue weighted by Gasteiger charge is -2.24. The number of carbonyl (C=O) groups excluding carboxylic acids is 2. The summed E-state index contributed by atoms with van der Waals surface area (Å²) in [5.41, 5.74) is -1.02. The highest BCUT2D eigenvalue weighted by atomic mass is 16.6. The molecule has 10 heteroatoms. The van der Waals surface area contributed by atoms with Crippen LogP contribution in [0.2, 0.25) is 0 Å². The fourth-order valence-corrected chi connectivity index (χ4v) is 2.04. The Balaban J connectivity index is 3.33. The van der Waals surface area contributed by atoms with Gasteiger partial charge in [0.1, 0.15) is 17.8 Å². The van der Waals surface area contributed by atoms with Gasteiger partial charge in [0, 0.05) is 13.6 Å². The second-order valence-electron chi connectivity index (χ2n) is 8.99. The van der Waals surface area contributed by atoms with Gasteiger partial charge in [-0.1, -0.05) is 0 Å². The van der Waals surface area contributed by atoms with Crippen molar-refractivity contribution in [3.05, 3.63) is 0 Å². The third-order valence-electron chi connectivity index (χ3n) is 3.40. The van der Waals surface area contributed by atoms with E-state index < -0.39 is 11.2 Å². The van der Waals surface area contributed by atoms with Crippen LogP contribution < -0.4 is 0 Å². The van der Waals surface area contributed by atoms with Crippen molar-refractivity contribution in [2.45, 2.75) is 52.7 Å². The Bertz CT molecular complexity index is 501. The van der Waals surface area contributed by atoms with Crippen LogP contribution >= 0.6 is 0 Å². The first kappa shape index (κ1) is 30.5. The SMILES string of the molecule is CN(CCOCCOCCOCCOCCOCC(=O)OC(C)(C)C)C(=O)OC(C)(C)C. The van der Waals surface area contributed by atoms with Crippen LogP contribution in [0.25, 0.3) is 0 Å². The van der Waals surface area contributed by atoms with Crippen LogP contribution in [0.15, 0.2) is 0 Å². The minimum Gasteiger partial charge on any atom is -0.458 e. The summed E-state index contributed by atoms with van der Waals surface area (Å²) in [6, 6.07) is 0. The predicted molar refractivity (Wildman–Crippen MR) is 119 cm³/mol. The summed E-state index contributed by atoms with van der Waals surface area (Å²) < 4.78 is 37.2. The highest BCUT2D eigenvalue weighted by Crippen LogP contribution is 2.09. The Hall–Kier alpha value is -1.46. The highest BCUT2D eigenvalue weighted by Gasteiger charge is 2.19. The molecule has 32 heavy (non-hydrogen) atoms. The van der Waals surface area contributed by atoms with Crippen molar-refractivity contribution in [3.63, 3.8) is 0 Å². The van der Waals surface area contributed by atoms with Gasteiger partial charge in [-0.25, -0.2) is 9.59 Å². The monoisotopic (exact) mass is 465 g/mol. The summed E-state index contributed by atoms with van der Waals surface area (Å²) in [5.74, 6) is -0.389. The fourth-order valence-electron chi connectivity index (χ4n) is 2.04. The molecule has 0 rings (SSSR count). The Morgan fingerprint density at radius 2 is 0.969 bits per heavy atom.